The van der Waals surface area contributed by atoms with Gasteiger partial charge in [-0.05, 0) is 12.8 Å². The van der Waals surface area contributed by atoms with Crippen LogP contribution < -0.4 is 0 Å². The Kier molecular flexibility index (Phi) is 45.3. The summed E-state index contributed by atoms with van der Waals surface area (Å²) in [5.74, 6) is -0.468. The molecule has 0 radical (unpaired) electrons. The largest absolute Gasteiger partial charge is 0.472 e. The molecule has 6 N–H and O–H groups in total. The second-order valence-corrected chi connectivity index (χ2v) is 22.3. The molecule has 0 saturated heterocycles. The number of carbonyl (C=O) groups excluding carboxylic acids is 1. The zero-order valence-electron chi connectivity index (χ0n) is 44.6. The molecule has 69 heavy (non-hydrogen) atoms. The topological polar surface area (TPSA) is 192 Å². The van der Waals surface area contributed by atoms with E-state index in [1.807, 2.05) is 0 Å². The molecule has 1 fully saturated rings. The first kappa shape index (κ1) is 66.4. The number of esters is 1. The van der Waals surface area contributed by atoms with Crippen LogP contribution in [0.15, 0.2) is 0 Å². The van der Waals surface area contributed by atoms with Gasteiger partial charge in [-0.3, -0.25) is 13.8 Å². The molecule has 1 saturated carbocycles. The van der Waals surface area contributed by atoms with E-state index in [0.717, 1.165) is 38.5 Å². The van der Waals surface area contributed by atoms with Crippen molar-refractivity contribution < 1.29 is 58.3 Å². The Balaban J connectivity index is 2.16. The van der Waals surface area contributed by atoms with E-state index < -0.39 is 63.1 Å². The standard InChI is InChI=1S/C56H111O12P/c1-3-5-7-9-11-13-15-17-18-19-20-21-22-23-24-25-26-27-28-29-30-31-32-33-34-35-37-39-41-43-45-50(57)67-49(47-65-46-44-42-40-38-36-16-14-12-10-8-6-4-2)48-66-69(63,64)68-56-54(61)52(59)51(58)53(60)55(56)62/h49,51-56,58-62H,3-48H2,1-2H3,(H,63,64)/t49-,51?,52-,53?,54?,55?,56?/m1/s1. The van der Waals surface area contributed by atoms with Gasteiger partial charge in [0.1, 0.15) is 42.7 Å². The third kappa shape index (κ3) is 38.6. The number of carbonyl (C=O) groups is 1. The van der Waals surface area contributed by atoms with Gasteiger partial charge in [-0.1, -0.05) is 271 Å². The van der Waals surface area contributed by atoms with Crippen LogP contribution in [0.3, 0.4) is 0 Å². The highest BCUT2D eigenvalue weighted by atomic mass is 31.2. The van der Waals surface area contributed by atoms with Crippen molar-refractivity contribution in [1.82, 2.24) is 0 Å². The van der Waals surface area contributed by atoms with Gasteiger partial charge in [0.15, 0.2) is 0 Å². The highest BCUT2D eigenvalue weighted by Gasteiger charge is 2.51. The lowest BCUT2D eigenvalue weighted by Crippen LogP contribution is -2.64. The predicted molar refractivity (Wildman–Crippen MR) is 281 cm³/mol. The third-order valence-electron chi connectivity index (χ3n) is 14.2. The van der Waals surface area contributed by atoms with Crippen molar-refractivity contribution in [1.29, 1.82) is 0 Å². The number of phosphoric ester groups is 1. The van der Waals surface area contributed by atoms with Crippen LogP contribution in [-0.4, -0.2) is 98.9 Å². The molecule has 0 aromatic heterocycles. The van der Waals surface area contributed by atoms with Crippen molar-refractivity contribution >= 4 is 13.8 Å². The Morgan fingerprint density at radius 2 is 0.681 bits per heavy atom. The maximum atomic E-state index is 12.9. The molecule has 0 amide bonds. The molecule has 8 atom stereocenters. The fourth-order valence-electron chi connectivity index (χ4n) is 9.60. The van der Waals surface area contributed by atoms with Crippen LogP contribution in [-0.2, 0) is 27.9 Å². The van der Waals surface area contributed by atoms with Crippen LogP contribution in [0.1, 0.15) is 290 Å². The molecular formula is C56H111O12P. The number of hydrogen-bond acceptors (Lipinski definition) is 11. The minimum Gasteiger partial charge on any atom is -0.457 e. The Bertz CT molecular complexity index is 1150. The van der Waals surface area contributed by atoms with Crippen LogP contribution in [0.5, 0.6) is 0 Å². The zero-order valence-corrected chi connectivity index (χ0v) is 45.5. The number of rotatable bonds is 52. The summed E-state index contributed by atoms with van der Waals surface area (Å²) in [5.41, 5.74) is 0. The summed E-state index contributed by atoms with van der Waals surface area (Å²) in [7, 11) is -5.01. The number of ether oxygens (including phenoxy) is 2. The molecule has 0 bridgehead atoms. The van der Waals surface area contributed by atoms with E-state index >= 15 is 0 Å². The SMILES string of the molecule is CCCCCCCCCCCCCCCCCCCCCCCCCCCCCCCCC(=O)O[C@H](COCCCCCCCCCCCCCC)COP(=O)(O)OC1C(O)C(O)C(O)[C@@H](O)C1O. The van der Waals surface area contributed by atoms with Crippen LogP contribution in [0.2, 0.25) is 0 Å². The molecule has 0 spiro atoms. The summed E-state index contributed by atoms with van der Waals surface area (Å²) in [4.78, 5) is 23.3. The maximum Gasteiger partial charge on any atom is 0.472 e. The molecule has 1 aliphatic carbocycles. The molecule has 1 aliphatic rings. The Labute approximate surface area is 423 Å². The first-order valence-electron chi connectivity index (χ1n) is 29.4. The Hall–Kier alpha value is -0.660. The van der Waals surface area contributed by atoms with E-state index in [-0.39, 0.29) is 13.0 Å². The van der Waals surface area contributed by atoms with Gasteiger partial charge in [-0.25, -0.2) is 4.57 Å². The van der Waals surface area contributed by atoms with Gasteiger partial charge >= 0.3 is 13.8 Å². The summed E-state index contributed by atoms with van der Waals surface area (Å²) in [6.45, 7) is 4.32. The van der Waals surface area contributed by atoms with E-state index in [2.05, 4.69) is 13.8 Å². The second-order valence-electron chi connectivity index (χ2n) is 20.9. The van der Waals surface area contributed by atoms with Gasteiger partial charge in [0.2, 0.25) is 0 Å². The van der Waals surface area contributed by atoms with Crippen molar-refractivity contribution in [3.63, 3.8) is 0 Å². The van der Waals surface area contributed by atoms with Crippen LogP contribution in [0, 0.1) is 0 Å². The molecule has 6 unspecified atom stereocenters. The highest BCUT2D eigenvalue weighted by molar-refractivity contribution is 7.47. The molecule has 0 aromatic rings. The first-order chi connectivity index (χ1) is 33.5. The average molecular weight is 1010 g/mol. The van der Waals surface area contributed by atoms with Crippen molar-refractivity contribution in [2.24, 2.45) is 0 Å². The number of aliphatic hydroxyl groups is 5. The average Bonchev–Trinajstić information content (AvgIpc) is 3.34. The van der Waals surface area contributed by atoms with Crippen LogP contribution in [0.25, 0.3) is 0 Å². The molecule has 0 aliphatic heterocycles. The summed E-state index contributed by atoms with van der Waals surface area (Å²) in [5, 5.41) is 50.3. The van der Waals surface area contributed by atoms with E-state index in [4.69, 9.17) is 18.5 Å². The number of hydrogen-bond donors (Lipinski definition) is 6. The van der Waals surface area contributed by atoms with Crippen molar-refractivity contribution in [3.8, 4) is 0 Å². The minimum absolute atomic E-state index is 0.0678. The lowest BCUT2D eigenvalue weighted by Gasteiger charge is -2.41. The van der Waals surface area contributed by atoms with Crippen LogP contribution >= 0.6 is 7.82 Å². The summed E-state index contributed by atoms with van der Waals surface area (Å²) < 4.78 is 34.3. The molecule has 13 heteroatoms. The molecule has 1 rings (SSSR count). The van der Waals surface area contributed by atoms with E-state index in [9.17, 15) is 39.8 Å². The van der Waals surface area contributed by atoms with Crippen molar-refractivity contribution in [3.05, 3.63) is 0 Å². The normalized spacial score (nSPS) is 20.9. The molecule has 12 nitrogen and oxygen atoms in total. The first-order valence-corrected chi connectivity index (χ1v) is 30.9. The predicted octanol–water partition coefficient (Wildman–Crippen LogP) is 14.0. The fourth-order valence-corrected chi connectivity index (χ4v) is 10.6. The van der Waals surface area contributed by atoms with Gasteiger partial charge in [-0.2, -0.15) is 0 Å². The van der Waals surface area contributed by atoms with Gasteiger partial charge in [0.25, 0.3) is 0 Å². The zero-order chi connectivity index (χ0) is 50.5. The molecular weight excluding hydrogens is 896 g/mol. The summed E-state index contributed by atoms with van der Waals surface area (Å²) in [6.07, 6.45) is 42.0. The van der Waals surface area contributed by atoms with Gasteiger partial charge in [0, 0.05) is 13.0 Å². The van der Waals surface area contributed by atoms with Gasteiger partial charge < -0.3 is 39.9 Å². The Morgan fingerprint density at radius 1 is 0.406 bits per heavy atom. The third-order valence-corrected chi connectivity index (χ3v) is 15.2. The lowest BCUT2D eigenvalue weighted by atomic mass is 9.85. The Morgan fingerprint density at radius 3 is 1.00 bits per heavy atom. The highest BCUT2D eigenvalue weighted by Crippen LogP contribution is 2.47. The van der Waals surface area contributed by atoms with E-state index in [0.29, 0.717) is 13.0 Å². The molecule has 0 aromatic carbocycles. The van der Waals surface area contributed by atoms with Crippen LogP contribution in [0.4, 0.5) is 0 Å². The lowest BCUT2D eigenvalue weighted by molar-refractivity contribution is -0.220. The van der Waals surface area contributed by atoms with E-state index in [1.165, 1.54) is 225 Å². The second kappa shape index (κ2) is 47.1. The van der Waals surface area contributed by atoms with Gasteiger partial charge in [0.05, 0.1) is 13.2 Å². The quantitative estimate of drug-likeness (QED) is 0.0192. The monoisotopic (exact) mass is 1010 g/mol. The molecule has 0 heterocycles. The maximum absolute atomic E-state index is 12.9. The fraction of sp³-hybridized carbons (Fsp3) is 0.982. The number of phosphoric acid groups is 1. The summed E-state index contributed by atoms with van der Waals surface area (Å²) >= 11 is 0. The van der Waals surface area contributed by atoms with Crippen molar-refractivity contribution in [2.75, 3.05) is 19.8 Å². The number of aliphatic hydroxyl groups excluding tert-OH is 5. The number of unbranched alkanes of at least 4 members (excludes halogenated alkanes) is 40. The molecule has 412 valence electrons. The van der Waals surface area contributed by atoms with Crippen molar-refractivity contribution in [2.45, 2.75) is 333 Å². The van der Waals surface area contributed by atoms with Gasteiger partial charge in [-0.15, -0.1) is 0 Å². The minimum atomic E-state index is -5.01. The summed E-state index contributed by atoms with van der Waals surface area (Å²) in [6, 6.07) is 0. The van der Waals surface area contributed by atoms with E-state index in [1.54, 1.807) is 0 Å². The smallest absolute Gasteiger partial charge is 0.457 e.